The van der Waals surface area contributed by atoms with E-state index in [9.17, 15) is 9.18 Å². The van der Waals surface area contributed by atoms with Crippen molar-refractivity contribution in [1.82, 2.24) is 5.32 Å². The number of benzene rings is 2. The number of amides is 1. The standard InChI is InChI=1S/C20H22FNO3/c21-18-6-4-17(5-7-18)20(23)22-13-15-2-1-3-16(12-15)14-25-19-8-10-24-11-9-19/h1-7,12,19H,8-11,13-14H2,(H,22,23). The molecule has 2 aromatic carbocycles. The first kappa shape index (κ1) is 17.6. The van der Waals surface area contributed by atoms with Gasteiger partial charge in [0.1, 0.15) is 5.82 Å². The molecule has 1 saturated heterocycles. The van der Waals surface area contributed by atoms with Gasteiger partial charge >= 0.3 is 0 Å². The number of carbonyl (C=O) groups excluding carboxylic acids is 1. The van der Waals surface area contributed by atoms with Crippen LogP contribution in [-0.2, 0) is 22.6 Å². The highest BCUT2D eigenvalue weighted by atomic mass is 19.1. The lowest BCUT2D eigenvalue weighted by molar-refractivity contribution is -0.0390. The van der Waals surface area contributed by atoms with E-state index < -0.39 is 0 Å². The van der Waals surface area contributed by atoms with E-state index in [1.165, 1.54) is 24.3 Å². The van der Waals surface area contributed by atoms with Crippen molar-refractivity contribution >= 4 is 5.91 Å². The van der Waals surface area contributed by atoms with E-state index in [2.05, 4.69) is 5.32 Å². The van der Waals surface area contributed by atoms with E-state index in [4.69, 9.17) is 9.47 Å². The van der Waals surface area contributed by atoms with Gasteiger partial charge in [0.05, 0.1) is 12.7 Å². The summed E-state index contributed by atoms with van der Waals surface area (Å²) in [6.07, 6.45) is 2.14. The molecule has 0 saturated carbocycles. The maximum Gasteiger partial charge on any atom is 0.251 e. The number of hydrogen-bond donors (Lipinski definition) is 1. The van der Waals surface area contributed by atoms with Crippen LogP contribution in [0, 0.1) is 5.82 Å². The summed E-state index contributed by atoms with van der Waals surface area (Å²) in [5, 5.41) is 2.85. The van der Waals surface area contributed by atoms with E-state index in [0.717, 1.165) is 37.2 Å². The number of ether oxygens (including phenoxy) is 2. The minimum atomic E-state index is -0.353. The van der Waals surface area contributed by atoms with Crippen LogP contribution in [0.25, 0.3) is 0 Å². The summed E-state index contributed by atoms with van der Waals surface area (Å²) < 4.78 is 24.2. The van der Waals surface area contributed by atoms with Crippen LogP contribution in [-0.4, -0.2) is 25.2 Å². The summed E-state index contributed by atoms with van der Waals surface area (Å²) in [5.74, 6) is -0.572. The van der Waals surface area contributed by atoms with Gasteiger partial charge in [-0.2, -0.15) is 0 Å². The third-order valence-corrected chi connectivity index (χ3v) is 4.20. The quantitative estimate of drug-likeness (QED) is 0.874. The number of halogens is 1. The Morgan fingerprint density at radius 2 is 1.84 bits per heavy atom. The van der Waals surface area contributed by atoms with Gasteiger partial charge in [0.2, 0.25) is 0 Å². The first-order valence-corrected chi connectivity index (χ1v) is 8.51. The zero-order chi connectivity index (χ0) is 17.5. The Bertz CT molecular complexity index is 696. The second kappa shape index (κ2) is 8.74. The van der Waals surface area contributed by atoms with Gasteiger partial charge in [0.15, 0.2) is 0 Å². The summed E-state index contributed by atoms with van der Waals surface area (Å²) in [6, 6.07) is 13.5. The van der Waals surface area contributed by atoms with Gasteiger partial charge in [-0.05, 0) is 48.2 Å². The highest BCUT2D eigenvalue weighted by molar-refractivity contribution is 5.94. The zero-order valence-electron chi connectivity index (χ0n) is 14.0. The van der Waals surface area contributed by atoms with Crippen LogP contribution >= 0.6 is 0 Å². The second-order valence-corrected chi connectivity index (χ2v) is 6.13. The number of nitrogens with one attached hydrogen (secondary N) is 1. The average molecular weight is 343 g/mol. The lowest BCUT2D eigenvalue weighted by atomic mass is 10.1. The Kier molecular flexibility index (Phi) is 6.14. The van der Waals surface area contributed by atoms with Crippen LogP contribution in [0.4, 0.5) is 4.39 Å². The fourth-order valence-corrected chi connectivity index (χ4v) is 2.77. The summed E-state index contributed by atoms with van der Waals surface area (Å²) in [5.41, 5.74) is 2.53. The molecule has 1 fully saturated rings. The largest absolute Gasteiger partial charge is 0.381 e. The predicted molar refractivity (Wildman–Crippen MR) is 92.6 cm³/mol. The molecule has 5 heteroatoms. The zero-order valence-corrected chi connectivity index (χ0v) is 14.0. The van der Waals surface area contributed by atoms with E-state index in [-0.39, 0.29) is 17.8 Å². The normalized spacial score (nSPS) is 15.1. The van der Waals surface area contributed by atoms with Gasteiger partial charge in [-0.1, -0.05) is 24.3 Å². The minimum absolute atomic E-state index is 0.219. The van der Waals surface area contributed by atoms with Gasteiger partial charge < -0.3 is 14.8 Å². The molecule has 0 unspecified atom stereocenters. The van der Waals surface area contributed by atoms with Crippen molar-refractivity contribution in [3.63, 3.8) is 0 Å². The lowest BCUT2D eigenvalue weighted by Crippen LogP contribution is -2.23. The molecule has 25 heavy (non-hydrogen) atoms. The molecule has 2 aromatic rings. The van der Waals surface area contributed by atoms with Crippen LogP contribution in [0.15, 0.2) is 48.5 Å². The Morgan fingerprint density at radius 3 is 2.60 bits per heavy atom. The predicted octanol–water partition coefficient (Wildman–Crippen LogP) is 3.45. The third kappa shape index (κ3) is 5.37. The van der Waals surface area contributed by atoms with E-state index >= 15 is 0 Å². The molecule has 132 valence electrons. The van der Waals surface area contributed by atoms with E-state index in [1.807, 2.05) is 24.3 Å². The van der Waals surface area contributed by atoms with Gasteiger partial charge in [-0.3, -0.25) is 4.79 Å². The molecule has 1 aliphatic heterocycles. The Hall–Kier alpha value is -2.24. The van der Waals surface area contributed by atoms with Gasteiger partial charge in [0.25, 0.3) is 5.91 Å². The molecule has 1 heterocycles. The Morgan fingerprint density at radius 1 is 1.12 bits per heavy atom. The van der Waals surface area contributed by atoms with Crippen molar-refractivity contribution in [2.24, 2.45) is 0 Å². The van der Waals surface area contributed by atoms with Crippen molar-refractivity contribution in [3.8, 4) is 0 Å². The molecule has 3 rings (SSSR count). The smallest absolute Gasteiger partial charge is 0.251 e. The monoisotopic (exact) mass is 343 g/mol. The van der Waals surface area contributed by atoms with Gasteiger partial charge in [-0.25, -0.2) is 4.39 Å². The molecule has 0 bridgehead atoms. The van der Waals surface area contributed by atoms with Gasteiger partial charge in [0, 0.05) is 25.3 Å². The molecule has 0 spiro atoms. The third-order valence-electron chi connectivity index (χ3n) is 4.20. The molecule has 4 nitrogen and oxygen atoms in total. The first-order valence-electron chi connectivity index (χ1n) is 8.51. The van der Waals surface area contributed by atoms with Crippen LogP contribution in [0.1, 0.15) is 34.3 Å². The van der Waals surface area contributed by atoms with Crippen molar-refractivity contribution in [3.05, 3.63) is 71.0 Å². The van der Waals surface area contributed by atoms with Crippen LogP contribution in [0.5, 0.6) is 0 Å². The molecule has 0 atom stereocenters. The van der Waals surface area contributed by atoms with E-state index in [0.29, 0.717) is 18.7 Å². The molecule has 0 aromatic heterocycles. The SMILES string of the molecule is O=C(NCc1cccc(COC2CCOCC2)c1)c1ccc(F)cc1. The molecule has 1 amide bonds. The Balaban J connectivity index is 1.50. The summed E-state index contributed by atoms with van der Waals surface area (Å²) in [6.45, 7) is 2.51. The first-order chi connectivity index (χ1) is 12.2. The summed E-state index contributed by atoms with van der Waals surface area (Å²) in [7, 11) is 0. The number of carbonyl (C=O) groups is 1. The highest BCUT2D eigenvalue weighted by Crippen LogP contribution is 2.14. The number of hydrogen-bond acceptors (Lipinski definition) is 3. The van der Waals surface area contributed by atoms with Crippen molar-refractivity contribution in [2.45, 2.75) is 32.1 Å². The highest BCUT2D eigenvalue weighted by Gasteiger charge is 2.14. The van der Waals surface area contributed by atoms with Gasteiger partial charge in [-0.15, -0.1) is 0 Å². The Labute approximate surface area is 147 Å². The fraction of sp³-hybridized carbons (Fsp3) is 0.350. The maximum atomic E-state index is 12.9. The van der Waals surface area contributed by atoms with Crippen LogP contribution < -0.4 is 5.32 Å². The topological polar surface area (TPSA) is 47.6 Å². The maximum absolute atomic E-state index is 12.9. The second-order valence-electron chi connectivity index (χ2n) is 6.13. The average Bonchev–Trinajstić information content (AvgIpc) is 2.66. The molecular formula is C20H22FNO3. The van der Waals surface area contributed by atoms with Crippen molar-refractivity contribution in [1.29, 1.82) is 0 Å². The molecule has 1 N–H and O–H groups in total. The van der Waals surface area contributed by atoms with E-state index in [1.54, 1.807) is 0 Å². The lowest BCUT2D eigenvalue weighted by Gasteiger charge is -2.22. The molecular weight excluding hydrogens is 321 g/mol. The summed E-state index contributed by atoms with van der Waals surface area (Å²) in [4.78, 5) is 12.1. The van der Waals surface area contributed by atoms with Crippen molar-refractivity contribution < 1.29 is 18.7 Å². The minimum Gasteiger partial charge on any atom is -0.381 e. The molecule has 1 aliphatic rings. The molecule has 0 aliphatic carbocycles. The number of rotatable bonds is 6. The molecule has 0 radical (unpaired) electrons. The van der Waals surface area contributed by atoms with Crippen LogP contribution in [0.2, 0.25) is 0 Å². The summed E-state index contributed by atoms with van der Waals surface area (Å²) >= 11 is 0. The van der Waals surface area contributed by atoms with Crippen LogP contribution in [0.3, 0.4) is 0 Å². The van der Waals surface area contributed by atoms with Crippen molar-refractivity contribution in [2.75, 3.05) is 13.2 Å². The fourth-order valence-electron chi connectivity index (χ4n) is 2.77.